The van der Waals surface area contributed by atoms with E-state index in [1.165, 1.54) is 0 Å². The molecule has 4 rings (SSSR count). The van der Waals surface area contributed by atoms with Gasteiger partial charge in [-0.25, -0.2) is 0 Å². The zero-order valence-electron chi connectivity index (χ0n) is 14.6. The fourth-order valence-electron chi connectivity index (χ4n) is 3.04. The lowest BCUT2D eigenvalue weighted by Gasteiger charge is -2.32. The second kappa shape index (κ2) is 7.05. The van der Waals surface area contributed by atoms with E-state index in [0.29, 0.717) is 5.69 Å². The SMILES string of the molecule is CN1CCN(c2ccc(C(=O)Nc3cccc4cccnc34)nn2)CC1. The van der Waals surface area contributed by atoms with Gasteiger partial charge in [-0.05, 0) is 31.3 Å². The van der Waals surface area contributed by atoms with Crippen molar-refractivity contribution in [2.75, 3.05) is 43.4 Å². The quantitative estimate of drug-likeness (QED) is 0.781. The van der Waals surface area contributed by atoms with Crippen LogP contribution in [0, 0.1) is 0 Å². The number of fused-ring (bicyclic) bond motifs is 1. The van der Waals surface area contributed by atoms with Gasteiger partial charge in [-0.1, -0.05) is 18.2 Å². The van der Waals surface area contributed by atoms with Crippen LogP contribution in [0.3, 0.4) is 0 Å². The Hall–Kier alpha value is -3.06. The summed E-state index contributed by atoms with van der Waals surface area (Å²) >= 11 is 0. The highest BCUT2D eigenvalue weighted by atomic mass is 16.1. The summed E-state index contributed by atoms with van der Waals surface area (Å²) in [6, 6.07) is 13.1. The molecule has 0 bridgehead atoms. The monoisotopic (exact) mass is 348 g/mol. The molecule has 1 aromatic carbocycles. The zero-order chi connectivity index (χ0) is 17.9. The zero-order valence-corrected chi connectivity index (χ0v) is 14.6. The van der Waals surface area contributed by atoms with Crippen molar-refractivity contribution in [3.63, 3.8) is 0 Å². The van der Waals surface area contributed by atoms with Crippen LogP contribution in [0.4, 0.5) is 11.5 Å². The van der Waals surface area contributed by atoms with Crippen LogP contribution in [0.2, 0.25) is 0 Å². The average Bonchev–Trinajstić information content (AvgIpc) is 2.69. The average molecular weight is 348 g/mol. The molecule has 3 heterocycles. The van der Waals surface area contributed by atoms with Crippen molar-refractivity contribution in [3.05, 3.63) is 54.4 Å². The van der Waals surface area contributed by atoms with Crippen LogP contribution in [0.15, 0.2) is 48.7 Å². The van der Waals surface area contributed by atoms with Crippen LogP contribution in [0.5, 0.6) is 0 Å². The number of nitrogens with zero attached hydrogens (tertiary/aromatic N) is 5. The molecule has 0 saturated carbocycles. The molecule has 7 nitrogen and oxygen atoms in total. The van der Waals surface area contributed by atoms with Gasteiger partial charge in [0.2, 0.25) is 0 Å². The molecule has 1 saturated heterocycles. The third-order valence-electron chi connectivity index (χ3n) is 4.59. The Morgan fingerprint density at radius 2 is 1.81 bits per heavy atom. The molecule has 2 aromatic heterocycles. The first-order valence-electron chi connectivity index (χ1n) is 8.63. The number of amides is 1. The molecule has 132 valence electrons. The molecule has 0 spiro atoms. The van der Waals surface area contributed by atoms with E-state index in [2.05, 4.69) is 37.3 Å². The minimum Gasteiger partial charge on any atom is -0.353 e. The predicted molar refractivity (Wildman–Crippen MR) is 101 cm³/mol. The Kier molecular flexibility index (Phi) is 4.45. The van der Waals surface area contributed by atoms with Crippen LogP contribution in [-0.4, -0.2) is 59.2 Å². The molecule has 1 N–H and O–H groups in total. The maximum atomic E-state index is 12.5. The van der Waals surface area contributed by atoms with E-state index < -0.39 is 0 Å². The van der Waals surface area contributed by atoms with Crippen LogP contribution in [0.25, 0.3) is 10.9 Å². The largest absolute Gasteiger partial charge is 0.353 e. The van der Waals surface area contributed by atoms with E-state index in [1.807, 2.05) is 36.4 Å². The van der Waals surface area contributed by atoms with Crippen molar-refractivity contribution in [1.29, 1.82) is 0 Å². The van der Waals surface area contributed by atoms with Crippen LogP contribution >= 0.6 is 0 Å². The summed E-state index contributed by atoms with van der Waals surface area (Å²) in [7, 11) is 2.11. The maximum Gasteiger partial charge on any atom is 0.276 e. The number of benzene rings is 1. The smallest absolute Gasteiger partial charge is 0.276 e. The number of carbonyl (C=O) groups is 1. The molecule has 1 fully saturated rings. The number of nitrogens with one attached hydrogen (secondary N) is 1. The molecule has 1 amide bonds. The Balaban J connectivity index is 1.50. The topological polar surface area (TPSA) is 74.2 Å². The summed E-state index contributed by atoms with van der Waals surface area (Å²) in [6.45, 7) is 3.83. The van der Waals surface area contributed by atoms with Crippen LogP contribution in [-0.2, 0) is 0 Å². The van der Waals surface area contributed by atoms with Gasteiger partial charge in [0.15, 0.2) is 11.5 Å². The molecule has 0 atom stereocenters. The predicted octanol–water partition coefficient (Wildman–Crippen LogP) is 2.03. The summed E-state index contributed by atoms with van der Waals surface area (Å²) in [6.07, 6.45) is 1.71. The van der Waals surface area contributed by atoms with Crippen molar-refractivity contribution >= 4 is 28.3 Å². The normalized spacial score (nSPS) is 15.2. The Bertz CT molecular complexity index is 913. The number of hydrogen-bond donors (Lipinski definition) is 1. The van der Waals surface area contributed by atoms with Crippen molar-refractivity contribution in [1.82, 2.24) is 20.1 Å². The summed E-state index contributed by atoms with van der Waals surface area (Å²) < 4.78 is 0. The maximum absolute atomic E-state index is 12.5. The van der Waals surface area contributed by atoms with E-state index in [-0.39, 0.29) is 11.6 Å². The minimum atomic E-state index is -0.291. The first-order chi connectivity index (χ1) is 12.7. The number of pyridine rings is 1. The number of hydrogen-bond acceptors (Lipinski definition) is 6. The van der Waals surface area contributed by atoms with Crippen molar-refractivity contribution < 1.29 is 4.79 Å². The fraction of sp³-hybridized carbons (Fsp3) is 0.263. The summed E-state index contributed by atoms with van der Waals surface area (Å²) in [5.41, 5.74) is 1.71. The van der Waals surface area contributed by atoms with Crippen molar-refractivity contribution in [2.24, 2.45) is 0 Å². The van der Waals surface area contributed by atoms with Gasteiger partial charge in [-0.15, -0.1) is 10.2 Å². The molecule has 0 radical (unpaired) electrons. The van der Waals surface area contributed by atoms with Gasteiger partial charge in [0, 0.05) is 37.8 Å². The highest BCUT2D eigenvalue weighted by Gasteiger charge is 2.17. The van der Waals surface area contributed by atoms with Gasteiger partial charge < -0.3 is 15.1 Å². The molecule has 0 unspecified atom stereocenters. The molecule has 1 aliphatic heterocycles. The summed E-state index contributed by atoms with van der Waals surface area (Å²) in [4.78, 5) is 21.3. The van der Waals surface area contributed by atoms with E-state index in [1.54, 1.807) is 12.3 Å². The highest BCUT2D eigenvalue weighted by molar-refractivity contribution is 6.07. The molecule has 1 aliphatic rings. The molecule has 0 aliphatic carbocycles. The second-order valence-corrected chi connectivity index (χ2v) is 6.40. The number of aromatic nitrogens is 3. The van der Waals surface area contributed by atoms with E-state index in [9.17, 15) is 4.79 Å². The van der Waals surface area contributed by atoms with Gasteiger partial charge in [-0.3, -0.25) is 9.78 Å². The first kappa shape index (κ1) is 16.4. The Morgan fingerprint density at radius 3 is 2.58 bits per heavy atom. The summed E-state index contributed by atoms with van der Waals surface area (Å²) in [5.74, 6) is 0.516. The van der Waals surface area contributed by atoms with Crippen molar-refractivity contribution in [3.8, 4) is 0 Å². The summed E-state index contributed by atoms with van der Waals surface area (Å²) in [5, 5.41) is 12.2. The standard InChI is InChI=1S/C19H20N6O/c1-24-10-12-25(13-11-24)17-8-7-16(22-23-17)19(26)21-15-6-2-4-14-5-3-9-20-18(14)15/h2-9H,10-13H2,1H3,(H,21,26). The lowest BCUT2D eigenvalue weighted by Crippen LogP contribution is -2.44. The fourth-order valence-corrected chi connectivity index (χ4v) is 3.04. The second-order valence-electron chi connectivity index (χ2n) is 6.40. The highest BCUT2D eigenvalue weighted by Crippen LogP contribution is 2.21. The van der Waals surface area contributed by atoms with Crippen molar-refractivity contribution in [2.45, 2.75) is 0 Å². The number of piperazine rings is 1. The lowest BCUT2D eigenvalue weighted by molar-refractivity contribution is 0.102. The van der Waals surface area contributed by atoms with Crippen LogP contribution < -0.4 is 10.2 Å². The third kappa shape index (κ3) is 3.34. The lowest BCUT2D eigenvalue weighted by atomic mass is 10.2. The van der Waals surface area contributed by atoms with E-state index >= 15 is 0 Å². The Morgan fingerprint density at radius 1 is 1.00 bits per heavy atom. The number of carbonyl (C=O) groups excluding carboxylic acids is 1. The van der Waals surface area contributed by atoms with Crippen LogP contribution in [0.1, 0.15) is 10.5 Å². The molecular weight excluding hydrogens is 328 g/mol. The molecule has 3 aromatic rings. The van der Waals surface area contributed by atoms with E-state index in [4.69, 9.17) is 0 Å². The number of likely N-dealkylation sites (N-methyl/N-ethyl adjacent to an activating group) is 1. The number of para-hydroxylation sites is 1. The molecule has 7 heteroatoms. The van der Waals surface area contributed by atoms with Gasteiger partial charge in [0.05, 0.1) is 11.2 Å². The number of anilines is 2. The molecular formula is C19H20N6O. The van der Waals surface area contributed by atoms with E-state index in [0.717, 1.165) is 42.9 Å². The number of rotatable bonds is 3. The Labute approximate surface area is 151 Å². The third-order valence-corrected chi connectivity index (χ3v) is 4.59. The molecule has 26 heavy (non-hydrogen) atoms. The van der Waals surface area contributed by atoms with Gasteiger partial charge >= 0.3 is 0 Å². The van der Waals surface area contributed by atoms with Gasteiger partial charge in [0.25, 0.3) is 5.91 Å². The minimum absolute atomic E-state index is 0.288. The van der Waals surface area contributed by atoms with Gasteiger partial charge in [-0.2, -0.15) is 0 Å². The first-order valence-corrected chi connectivity index (χ1v) is 8.63. The van der Waals surface area contributed by atoms with Gasteiger partial charge in [0.1, 0.15) is 0 Å².